The van der Waals surface area contributed by atoms with Crippen molar-refractivity contribution in [2.45, 2.75) is 0 Å². The lowest BCUT2D eigenvalue weighted by molar-refractivity contribution is -0.385. The molecule has 0 saturated carbocycles. The number of benzene rings is 1. The van der Waals surface area contributed by atoms with Gasteiger partial charge in [-0.2, -0.15) is 0 Å². The lowest BCUT2D eigenvalue weighted by atomic mass is 10.1. The molecular formula is C14H14N2O7. The van der Waals surface area contributed by atoms with Gasteiger partial charge in [0, 0.05) is 12.1 Å². The Labute approximate surface area is 131 Å². The van der Waals surface area contributed by atoms with E-state index in [2.05, 4.69) is 14.8 Å². The second kappa shape index (κ2) is 8.93. The van der Waals surface area contributed by atoms with Crippen LogP contribution < -0.4 is 5.32 Å². The van der Waals surface area contributed by atoms with Crippen LogP contribution in [0, 0.1) is 10.1 Å². The molecule has 1 aromatic carbocycles. The van der Waals surface area contributed by atoms with Gasteiger partial charge in [-0.1, -0.05) is 12.1 Å². The van der Waals surface area contributed by atoms with Gasteiger partial charge in [-0.3, -0.25) is 19.7 Å². The van der Waals surface area contributed by atoms with Crippen molar-refractivity contribution in [1.29, 1.82) is 0 Å². The van der Waals surface area contributed by atoms with Crippen LogP contribution in [0.15, 0.2) is 30.3 Å². The Bertz CT molecular complexity index is 640. The number of nitrogens with one attached hydrogen (secondary N) is 1. The van der Waals surface area contributed by atoms with Crippen LogP contribution in [0.1, 0.15) is 5.56 Å². The molecule has 122 valence electrons. The summed E-state index contributed by atoms with van der Waals surface area (Å²) in [5, 5.41) is 13.0. The molecule has 9 heteroatoms. The molecule has 0 aromatic heterocycles. The minimum Gasteiger partial charge on any atom is -0.468 e. The Kier molecular flexibility index (Phi) is 6.92. The van der Waals surface area contributed by atoms with Crippen molar-refractivity contribution in [2.24, 2.45) is 0 Å². The van der Waals surface area contributed by atoms with Gasteiger partial charge in [-0.05, 0) is 12.1 Å². The van der Waals surface area contributed by atoms with Gasteiger partial charge in [0.25, 0.3) is 11.6 Å². The van der Waals surface area contributed by atoms with Gasteiger partial charge in [0.15, 0.2) is 6.61 Å². The van der Waals surface area contributed by atoms with E-state index in [0.29, 0.717) is 0 Å². The monoisotopic (exact) mass is 322 g/mol. The topological polar surface area (TPSA) is 125 Å². The van der Waals surface area contributed by atoms with Gasteiger partial charge in [0.1, 0.15) is 6.54 Å². The summed E-state index contributed by atoms with van der Waals surface area (Å²) >= 11 is 0. The van der Waals surface area contributed by atoms with E-state index in [1.54, 1.807) is 6.07 Å². The molecule has 0 aliphatic carbocycles. The van der Waals surface area contributed by atoms with Gasteiger partial charge in [-0.15, -0.1) is 0 Å². The third-order valence-corrected chi connectivity index (χ3v) is 2.54. The number of hydrogen-bond acceptors (Lipinski definition) is 7. The standard InChI is InChI=1S/C14H14N2O7/c1-22-14(19)8-15-12(17)9-23-13(18)7-6-10-4-2-3-5-11(10)16(20)21/h2-7H,8-9H2,1H3,(H,15,17). The summed E-state index contributed by atoms with van der Waals surface area (Å²) in [5.41, 5.74) is 0.0666. The number of nitro benzene ring substituents is 1. The van der Waals surface area contributed by atoms with E-state index in [-0.39, 0.29) is 17.8 Å². The van der Waals surface area contributed by atoms with Crippen LogP contribution in [0.25, 0.3) is 6.08 Å². The molecule has 0 heterocycles. The molecule has 0 radical (unpaired) electrons. The minimum atomic E-state index is -0.851. The summed E-state index contributed by atoms with van der Waals surface area (Å²) in [6.45, 7) is -0.921. The zero-order valence-corrected chi connectivity index (χ0v) is 12.2. The number of amides is 1. The van der Waals surface area contributed by atoms with E-state index >= 15 is 0 Å². The maximum absolute atomic E-state index is 11.4. The lowest BCUT2D eigenvalue weighted by Crippen LogP contribution is -2.33. The molecule has 1 aromatic rings. The summed E-state index contributed by atoms with van der Waals surface area (Å²) in [6, 6.07) is 5.84. The second-order valence-electron chi connectivity index (χ2n) is 4.11. The Morgan fingerprint density at radius 2 is 2.00 bits per heavy atom. The number of carbonyl (C=O) groups excluding carboxylic acids is 3. The first-order chi connectivity index (χ1) is 10.9. The van der Waals surface area contributed by atoms with Crippen molar-refractivity contribution in [3.63, 3.8) is 0 Å². The molecule has 0 bridgehead atoms. The maximum atomic E-state index is 11.4. The highest BCUT2D eigenvalue weighted by atomic mass is 16.6. The third kappa shape index (κ3) is 6.38. The highest BCUT2D eigenvalue weighted by Crippen LogP contribution is 2.18. The molecule has 1 N–H and O–H groups in total. The Hall–Kier alpha value is -3.23. The average Bonchev–Trinajstić information content (AvgIpc) is 2.55. The molecular weight excluding hydrogens is 308 g/mol. The predicted octanol–water partition coefficient (Wildman–Crippen LogP) is 0.440. The van der Waals surface area contributed by atoms with E-state index in [1.165, 1.54) is 31.4 Å². The fourth-order valence-electron chi connectivity index (χ4n) is 1.43. The first kappa shape index (κ1) is 17.8. The number of ether oxygens (including phenoxy) is 2. The highest BCUT2D eigenvalue weighted by molar-refractivity contribution is 5.90. The van der Waals surface area contributed by atoms with Gasteiger partial charge in [0.05, 0.1) is 17.6 Å². The van der Waals surface area contributed by atoms with Crippen LogP contribution in [-0.4, -0.2) is 43.0 Å². The number of nitrogens with zero attached hydrogens (tertiary/aromatic N) is 1. The summed E-state index contributed by atoms with van der Waals surface area (Å²) in [4.78, 5) is 43.7. The number of para-hydroxylation sites is 1. The molecule has 9 nitrogen and oxygen atoms in total. The second-order valence-corrected chi connectivity index (χ2v) is 4.11. The highest BCUT2D eigenvalue weighted by Gasteiger charge is 2.11. The number of hydrogen-bond donors (Lipinski definition) is 1. The summed E-state index contributed by atoms with van der Waals surface area (Å²) in [5.74, 6) is -2.17. The number of methoxy groups -OCH3 is 1. The Balaban J connectivity index is 2.49. The van der Waals surface area contributed by atoms with Crippen LogP contribution in [0.4, 0.5) is 5.69 Å². The van der Waals surface area contributed by atoms with Gasteiger partial charge < -0.3 is 14.8 Å². The molecule has 0 atom stereocenters. The lowest BCUT2D eigenvalue weighted by Gasteiger charge is -2.03. The fraction of sp³-hybridized carbons (Fsp3) is 0.214. The van der Waals surface area contributed by atoms with Crippen LogP contribution >= 0.6 is 0 Å². The van der Waals surface area contributed by atoms with Crippen molar-refractivity contribution in [1.82, 2.24) is 5.32 Å². The van der Waals surface area contributed by atoms with Gasteiger partial charge >= 0.3 is 11.9 Å². The van der Waals surface area contributed by atoms with E-state index < -0.39 is 29.4 Å². The van der Waals surface area contributed by atoms with Crippen LogP contribution in [-0.2, 0) is 23.9 Å². The van der Waals surface area contributed by atoms with Crippen molar-refractivity contribution < 1.29 is 28.8 Å². The van der Waals surface area contributed by atoms with Crippen molar-refractivity contribution in [3.05, 3.63) is 46.0 Å². The van der Waals surface area contributed by atoms with Gasteiger partial charge in [0.2, 0.25) is 0 Å². The molecule has 0 spiro atoms. The average molecular weight is 322 g/mol. The molecule has 1 rings (SSSR count). The number of esters is 2. The quantitative estimate of drug-likeness (QED) is 0.334. The first-order valence-corrected chi connectivity index (χ1v) is 6.35. The van der Waals surface area contributed by atoms with E-state index in [4.69, 9.17) is 0 Å². The van der Waals surface area contributed by atoms with Crippen LogP contribution in [0.5, 0.6) is 0 Å². The molecule has 0 fully saturated rings. The van der Waals surface area contributed by atoms with E-state index in [0.717, 1.165) is 6.08 Å². The normalized spacial score (nSPS) is 10.1. The Morgan fingerprint density at radius 1 is 1.30 bits per heavy atom. The third-order valence-electron chi connectivity index (χ3n) is 2.54. The summed E-state index contributed by atoms with van der Waals surface area (Å²) in [6.07, 6.45) is 2.18. The van der Waals surface area contributed by atoms with Crippen molar-refractivity contribution >= 4 is 29.6 Å². The van der Waals surface area contributed by atoms with Crippen molar-refractivity contribution in [3.8, 4) is 0 Å². The van der Waals surface area contributed by atoms with Crippen LogP contribution in [0.3, 0.4) is 0 Å². The molecule has 0 saturated heterocycles. The van der Waals surface area contributed by atoms with E-state index in [1.807, 2.05) is 0 Å². The van der Waals surface area contributed by atoms with E-state index in [9.17, 15) is 24.5 Å². The Morgan fingerprint density at radius 3 is 2.65 bits per heavy atom. The molecule has 0 aliphatic heterocycles. The fourth-order valence-corrected chi connectivity index (χ4v) is 1.43. The predicted molar refractivity (Wildman–Crippen MR) is 78.1 cm³/mol. The minimum absolute atomic E-state index is 0.160. The number of carbonyl (C=O) groups is 3. The van der Waals surface area contributed by atoms with Crippen molar-refractivity contribution in [2.75, 3.05) is 20.3 Å². The summed E-state index contributed by atoms with van der Waals surface area (Å²) in [7, 11) is 1.17. The SMILES string of the molecule is COC(=O)CNC(=O)COC(=O)C=Cc1ccccc1[N+](=O)[O-]. The first-order valence-electron chi connectivity index (χ1n) is 6.35. The zero-order chi connectivity index (χ0) is 17.2. The maximum Gasteiger partial charge on any atom is 0.331 e. The molecule has 23 heavy (non-hydrogen) atoms. The number of nitro groups is 1. The molecule has 0 aliphatic rings. The molecule has 0 unspecified atom stereocenters. The number of rotatable bonds is 7. The largest absolute Gasteiger partial charge is 0.468 e. The smallest absolute Gasteiger partial charge is 0.331 e. The summed E-state index contributed by atoms with van der Waals surface area (Å²) < 4.78 is 8.95. The van der Waals surface area contributed by atoms with Crippen LogP contribution in [0.2, 0.25) is 0 Å². The van der Waals surface area contributed by atoms with Gasteiger partial charge in [-0.25, -0.2) is 4.79 Å². The molecule has 1 amide bonds. The zero-order valence-electron chi connectivity index (χ0n) is 12.2.